The van der Waals surface area contributed by atoms with Gasteiger partial charge in [-0.2, -0.15) is 0 Å². The second-order valence-electron chi connectivity index (χ2n) is 19.6. The number of benzene rings is 8. The summed E-state index contributed by atoms with van der Waals surface area (Å²) in [4.78, 5) is 27.3. The third kappa shape index (κ3) is 12.6. The Morgan fingerprint density at radius 3 is 0.654 bits per heavy atom. The molecule has 8 aromatic carbocycles. The lowest BCUT2D eigenvalue weighted by molar-refractivity contribution is 0.361. The van der Waals surface area contributed by atoms with Crippen LogP contribution in [0.2, 0.25) is 0 Å². The number of ether oxygens (including phenoxy) is 6. The molecule has 12 heteroatoms. The quantitative estimate of drug-likeness (QED) is 0.0860. The van der Waals surface area contributed by atoms with Crippen LogP contribution >= 0.6 is 0 Å². The van der Waals surface area contributed by atoms with Crippen molar-refractivity contribution in [1.82, 2.24) is 29.9 Å². The van der Waals surface area contributed by atoms with Gasteiger partial charge in [0.25, 0.3) is 0 Å². The van der Waals surface area contributed by atoms with E-state index in [9.17, 15) is 0 Å². The van der Waals surface area contributed by atoms with E-state index in [0.29, 0.717) is 46.3 Å². The minimum Gasteiger partial charge on any atom is -0.424 e. The van der Waals surface area contributed by atoms with Crippen LogP contribution in [0.5, 0.6) is 70.6 Å². The van der Waals surface area contributed by atoms with E-state index >= 15 is 0 Å². The molecule has 0 radical (unpaired) electrons. The normalized spacial score (nSPS) is 13.8. The molecule has 0 spiro atoms. The van der Waals surface area contributed by atoms with E-state index in [1.54, 1.807) is 0 Å². The van der Waals surface area contributed by atoms with Gasteiger partial charge in [0.15, 0.2) is 0 Å². The van der Waals surface area contributed by atoms with Gasteiger partial charge in [0.1, 0.15) is 34.5 Å². The Balaban J connectivity index is 0.746. The van der Waals surface area contributed by atoms with Crippen molar-refractivity contribution >= 4 is 0 Å². The SMILES string of the molecule is c1ccc(-c2ccc(Oc3nc(Oc4ccc(-c5ccccc5)cc4)nc(Oc4ccc(-c5ccc(Oc6nc(Oc7ccc(C8CCCCC8)cc7)nc(Oc7ccc(C8CCCCC8)cc7)n6)cc5)cc4)n3)cc2)cc1. The second-order valence-corrected chi connectivity index (χ2v) is 19.6. The standard InChI is InChI=1S/C66H56N6O6/c1-5-13-45(14-6-1)49-21-33-55(34-22-49)73-61-67-62(74-56-35-23-50(24-36-56)46-15-7-2-8-16-46)70-65(69-61)77-59-41-29-53(30-42-59)54-31-43-60(44-32-54)78-66-71-63(75-57-37-25-51(26-38-57)47-17-9-3-10-18-47)68-64(72-66)76-58-39-27-52(28-40-58)48-19-11-4-12-20-48/h1-2,5-8,13-16,21-44,47-48H,3-4,9-12,17-20H2. The van der Waals surface area contributed by atoms with Crippen molar-refractivity contribution in [2.24, 2.45) is 0 Å². The van der Waals surface area contributed by atoms with Crippen LogP contribution in [0.3, 0.4) is 0 Å². The maximum atomic E-state index is 6.27. The van der Waals surface area contributed by atoms with Gasteiger partial charge in [-0.3, -0.25) is 0 Å². The van der Waals surface area contributed by atoms with E-state index in [1.165, 1.54) is 75.3 Å². The van der Waals surface area contributed by atoms with Gasteiger partial charge in [-0.05, 0) is 155 Å². The molecule has 0 amide bonds. The number of hydrogen-bond donors (Lipinski definition) is 0. The molecule has 0 saturated heterocycles. The van der Waals surface area contributed by atoms with E-state index in [1.807, 2.05) is 158 Å². The Bertz CT molecular complexity index is 3360. The molecular weight excluding hydrogens is 973 g/mol. The second kappa shape index (κ2) is 23.6. The maximum Gasteiger partial charge on any atom is 0.331 e. The van der Waals surface area contributed by atoms with Crippen molar-refractivity contribution in [1.29, 1.82) is 0 Å². The predicted molar refractivity (Wildman–Crippen MR) is 300 cm³/mol. The summed E-state index contributed by atoms with van der Waals surface area (Å²) < 4.78 is 37.3. The molecule has 2 aromatic heterocycles. The molecule has 0 unspecified atom stereocenters. The molecule has 2 heterocycles. The number of rotatable bonds is 17. The van der Waals surface area contributed by atoms with Gasteiger partial charge in [0.05, 0.1) is 0 Å². The van der Waals surface area contributed by atoms with E-state index in [2.05, 4.69) is 78.4 Å². The molecule has 12 nitrogen and oxygen atoms in total. The van der Waals surface area contributed by atoms with Crippen LogP contribution in [-0.4, -0.2) is 29.9 Å². The van der Waals surface area contributed by atoms with Crippen molar-refractivity contribution in [3.8, 4) is 104 Å². The lowest BCUT2D eigenvalue weighted by Gasteiger charge is -2.22. The molecule has 2 saturated carbocycles. The minimum atomic E-state index is -0.00774. The first kappa shape index (κ1) is 49.5. The first-order valence-electron chi connectivity index (χ1n) is 26.8. The number of nitrogens with zero attached hydrogens (tertiary/aromatic N) is 6. The Kier molecular flexibility index (Phi) is 15.0. The Morgan fingerprint density at radius 1 is 0.218 bits per heavy atom. The zero-order valence-corrected chi connectivity index (χ0v) is 43.0. The van der Waals surface area contributed by atoms with E-state index in [-0.39, 0.29) is 36.1 Å². The van der Waals surface area contributed by atoms with Crippen LogP contribution in [0.1, 0.15) is 87.2 Å². The summed E-state index contributed by atoms with van der Waals surface area (Å²) in [5, 5.41) is 0. The highest BCUT2D eigenvalue weighted by Crippen LogP contribution is 2.37. The van der Waals surface area contributed by atoms with Gasteiger partial charge in [-0.15, -0.1) is 29.9 Å². The van der Waals surface area contributed by atoms with Crippen LogP contribution in [0.15, 0.2) is 206 Å². The van der Waals surface area contributed by atoms with Crippen molar-refractivity contribution in [2.75, 3.05) is 0 Å². The molecule has 2 aliphatic carbocycles. The molecule has 12 rings (SSSR count). The van der Waals surface area contributed by atoms with Crippen LogP contribution in [-0.2, 0) is 0 Å². The molecular formula is C66H56N6O6. The molecule has 0 N–H and O–H groups in total. The Morgan fingerprint density at radius 2 is 0.423 bits per heavy atom. The molecule has 10 aromatic rings. The van der Waals surface area contributed by atoms with Gasteiger partial charge in [-0.1, -0.05) is 172 Å². The first-order valence-corrected chi connectivity index (χ1v) is 26.8. The summed E-state index contributed by atoms with van der Waals surface area (Å²) in [5.74, 6) is 4.47. The number of aromatic nitrogens is 6. The molecule has 0 aliphatic heterocycles. The minimum absolute atomic E-state index is 0.00524. The molecule has 0 bridgehead atoms. The molecule has 386 valence electrons. The van der Waals surface area contributed by atoms with Gasteiger partial charge in [0.2, 0.25) is 0 Å². The maximum absolute atomic E-state index is 6.27. The zero-order valence-electron chi connectivity index (χ0n) is 43.0. The van der Waals surface area contributed by atoms with Crippen LogP contribution < -0.4 is 28.4 Å². The molecule has 2 aliphatic rings. The van der Waals surface area contributed by atoms with Gasteiger partial charge < -0.3 is 28.4 Å². The number of hydrogen-bond acceptors (Lipinski definition) is 12. The molecule has 2 fully saturated rings. The highest BCUT2D eigenvalue weighted by Gasteiger charge is 2.20. The monoisotopic (exact) mass is 1030 g/mol. The third-order valence-corrected chi connectivity index (χ3v) is 14.3. The summed E-state index contributed by atoms with van der Waals surface area (Å²) in [6.07, 6.45) is 12.6. The third-order valence-electron chi connectivity index (χ3n) is 14.3. The highest BCUT2D eigenvalue weighted by molar-refractivity contribution is 5.66. The smallest absolute Gasteiger partial charge is 0.331 e. The topological polar surface area (TPSA) is 133 Å². The molecule has 0 atom stereocenters. The summed E-state index contributed by atoms with van der Waals surface area (Å²) in [6, 6.07) is 67.5. The average molecular weight is 1030 g/mol. The fraction of sp³-hybridized carbons (Fsp3) is 0.182. The van der Waals surface area contributed by atoms with E-state index < -0.39 is 0 Å². The van der Waals surface area contributed by atoms with Crippen molar-refractivity contribution in [3.63, 3.8) is 0 Å². The van der Waals surface area contributed by atoms with Gasteiger partial charge in [0, 0.05) is 0 Å². The summed E-state index contributed by atoms with van der Waals surface area (Å²) >= 11 is 0. The highest BCUT2D eigenvalue weighted by atomic mass is 16.5. The van der Waals surface area contributed by atoms with Crippen LogP contribution in [0, 0.1) is 0 Å². The average Bonchev–Trinajstić information content (AvgIpc) is 3.49. The summed E-state index contributed by atoms with van der Waals surface area (Å²) in [7, 11) is 0. The predicted octanol–water partition coefficient (Wildman–Crippen LogP) is 17.9. The van der Waals surface area contributed by atoms with E-state index in [0.717, 1.165) is 33.4 Å². The Hall–Kier alpha value is -9.42. The lowest BCUT2D eigenvalue weighted by Crippen LogP contribution is -2.05. The van der Waals surface area contributed by atoms with Crippen molar-refractivity contribution < 1.29 is 28.4 Å². The fourth-order valence-corrected chi connectivity index (χ4v) is 10.2. The van der Waals surface area contributed by atoms with Gasteiger partial charge in [-0.25, -0.2) is 0 Å². The fourth-order valence-electron chi connectivity index (χ4n) is 10.2. The van der Waals surface area contributed by atoms with Crippen molar-refractivity contribution in [2.45, 2.75) is 76.0 Å². The van der Waals surface area contributed by atoms with Crippen LogP contribution in [0.25, 0.3) is 33.4 Å². The summed E-state index contributed by atoms with van der Waals surface area (Å²) in [5.41, 5.74) is 8.83. The van der Waals surface area contributed by atoms with Crippen LogP contribution in [0.4, 0.5) is 0 Å². The largest absolute Gasteiger partial charge is 0.424 e. The van der Waals surface area contributed by atoms with Crippen molar-refractivity contribution in [3.05, 3.63) is 217 Å². The van der Waals surface area contributed by atoms with E-state index in [4.69, 9.17) is 28.4 Å². The first-order chi connectivity index (χ1) is 38.5. The lowest BCUT2D eigenvalue weighted by atomic mass is 9.84. The summed E-state index contributed by atoms with van der Waals surface area (Å²) in [6.45, 7) is 0. The molecule has 78 heavy (non-hydrogen) atoms. The van der Waals surface area contributed by atoms with Gasteiger partial charge >= 0.3 is 36.1 Å². The zero-order chi connectivity index (χ0) is 52.3. The Labute approximate surface area is 453 Å².